The minimum Gasteiger partial charge on any atom is -0.310 e. The van der Waals surface area contributed by atoms with E-state index in [1.54, 1.807) is 11.3 Å². The average molecular weight is 251 g/mol. The molecule has 2 N–H and O–H groups in total. The van der Waals surface area contributed by atoms with Gasteiger partial charge in [-0.3, -0.25) is 0 Å². The molecule has 0 bridgehead atoms. The molecule has 1 aliphatic heterocycles. The summed E-state index contributed by atoms with van der Waals surface area (Å²) in [6.07, 6.45) is 8.96. The molecule has 2 heterocycles. The van der Waals surface area contributed by atoms with Gasteiger partial charge in [0.2, 0.25) is 0 Å². The molecule has 3 rings (SSSR count). The Bertz CT molecular complexity index is 324. The second kappa shape index (κ2) is 5.46. The molecule has 0 spiro atoms. The summed E-state index contributed by atoms with van der Waals surface area (Å²) in [6.45, 7) is 2.01. The lowest BCUT2D eigenvalue weighted by molar-refractivity contribution is 0.325. The predicted octanol–water partition coefficient (Wildman–Crippen LogP) is 2.15. The van der Waals surface area contributed by atoms with E-state index in [2.05, 4.69) is 15.6 Å². The molecular weight excluding hydrogens is 230 g/mol. The van der Waals surface area contributed by atoms with E-state index >= 15 is 0 Å². The van der Waals surface area contributed by atoms with E-state index < -0.39 is 0 Å². The number of hydrogen-bond donors (Lipinski definition) is 2. The second-order valence-corrected chi connectivity index (χ2v) is 6.29. The first-order valence-electron chi connectivity index (χ1n) is 6.77. The third kappa shape index (κ3) is 2.87. The van der Waals surface area contributed by atoms with Gasteiger partial charge < -0.3 is 10.6 Å². The Kier molecular flexibility index (Phi) is 3.74. The summed E-state index contributed by atoms with van der Waals surface area (Å²) in [5.74, 6) is 0.954. The fraction of sp³-hybridized carbons (Fsp3) is 0.769. The molecule has 17 heavy (non-hydrogen) atoms. The van der Waals surface area contributed by atoms with Gasteiger partial charge in [0.25, 0.3) is 0 Å². The quantitative estimate of drug-likeness (QED) is 0.861. The van der Waals surface area contributed by atoms with Gasteiger partial charge >= 0.3 is 0 Å². The Morgan fingerprint density at radius 1 is 1.41 bits per heavy atom. The molecule has 1 saturated carbocycles. The summed E-state index contributed by atoms with van der Waals surface area (Å²) >= 11 is 1.73. The third-order valence-electron chi connectivity index (χ3n) is 4.10. The maximum absolute atomic E-state index is 4.29. The van der Waals surface area contributed by atoms with E-state index in [-0.39, 0.29) is 0 Å². The third-order valence-corrected chi connectivity index (χ3v) is 4.88. The smallest absolute Gasteiger partial charge is 0.106 e. The summed E-state index contributed by atoms with van der Waals surface area (Å²) < 4.78 is 0. The number of nitrogens with one attached hydrogen (secondary N) is 2. The van der Waals surface area contributed by atoms with E-state index in [4.69, 9.17) is 0 Å². The van der Waals surface area contributed by atoms with Crippen molar-refractivity contribution in [3.63, 3.8) is 0 Å². The second-order valence-electron chi connectivity index (χ2n) is 5.31. The van der Waals surface area contributed by atoms with Crippen molar-refractivity contribution in [2.45, 2.75) is 50.7 Å². The van der Waals surface area contributed by atoms with Crippen LogP contribution in [0.25, 0.3) is 0 Å². The molecule has 0 aromatic carbocycles. The molecule has 0 radical (unpaired) electrons. The van der Waals surface area contributed by atoms with E-state index in [0.717, 1.165) is 25.0 Å². The van der Waals surface area contributed by atoms with Crippen LogP contribution in [0.15, 0.2) is 11.6 Å². The van der Waals surface area contributed by atoms with Gasteiger partial charge in [-0.2, -0.15) is 0 Å². The minimum absolute atomic E-state index is 0.683. The van der Waals surface area contributed by atoms with Gasteiger partial charge in [0.05, 0.1) is 0 Å². The van der Waals surface area contributed by atoms with Crippen LogP contribution < -0.4 is 10.6 Å². The molecule has 4 heteroatoms. The van der Waals surface area contributed by atoms with E-state index in [0.29, 0.717) is 6.04 Å². The van der Waals surface area contributed by atoms with Crippen molar-refractivity contribution in [3.05, 3.63) is 16.6 Å². The van der Waals surface area contributed by atoms with Gasteiger partial charge in [-0.05, 0) is 25.2 Å². The molecule has 2 fully saturated rings. The summed E-state index contributed by atoms with van der Waals surface area (Å²) in [5.41, 5.74) is 0. The monoisotopic (exact) mass is 251 g/mol. The Morgan fingerprint density at radius 2 is 2.35 bits per heavy atom. The highest BCUT2D eigenvalue weighted by Gasteiger charge is 2.34. The molecule has 1 aromatic heterocycles. The van der Waals surface area contributed by atoms with E-state index in [1.165, 1.54) is 37.1 Å². The molecule has 1 saturated heterocycles. The zero-order chi connectivity index (χ0) is 11.5. The van der Waals surface area contributed by atoms with Gasteiger partial charge in [0.1, 0.15) is 5.01 Å². The largest absolute Gasteiger partial charge is 0.310 e. The summed E-state index contributed by atoms with van der Waals surface area (Å²) in [4.78, 5) is 4.29. The minimum atomic E-state index is 0.683. The van der Waals surface area contributed by atoms with Crippen molar-refractivity contribution in [1.29, 1.82) is 0 Å². The van der Waals surface area contributed by atoms with Crippen LogP contribution in [0.1, 0.15) is 37.1 Å². The van der Waals surface area contributed by atoms with Crippen LogP contribution in [0, 0.1) is 5.92 Å². The zero-order valence-corrected chi connectivity index (χ0v) is 11.0. The maximum Gasteiger partial charge on any atom is 0.106 e. The van der Waals surface area contributed by atoms with Crippen molar-refractivity contribution < 1.29 is 0 Å². The van der Waals surface area contributed by atoms with E-state index in [9.17, 15) is 0 Å². The fourth-order valence-corrected chi connectivity index (χ4v) is 3.87. The van der Waals surface area contributed by atoms with Crippen LogP contribution in [0.2, 0.25) is 0 Å². The molecule has 94 valence electrons. The summed E-state index contributed by atoms with van der Waals surface area (Å²) in [7, 11) is 0. The van der Waals surface area contributed by atoms with Crippen LogP contribution in [0.3, 0.4) is 0 Å². The standard InChI is InChI=1S/C13H21N3S/c1-2-4-12-10(3-1)7-11(16-12)8-14-9-13-15-5-6-17-13/h5-6,10-12,14,16H,1-4,7-9H2. The molecule has 2 aliphatic rings. The van der Waals surface area contributed by atoms with Crippen LogP contribution in [-0.2, 0) is 6.54 Å². The lowest BCUT2D eigenvalue weighted by Crippen LogP contribution is -2.38. The van der Waals surface area contributed by atoms with Crippen LogP contribution in [0.4, 0.5) is 0 Å². The van der Waals surface area contributed by atoms with Crippen molar-refractivity contribution in [2.24, 2.45) is 5.92 Å². The van der Waals surface area contributed by atoms with Crippen molar-refractivity contribution >= 4 is 11.3 Å². The van der Waals surface area contributed by atoms with Crippen LogP contribution in [0.5, 0.6) is 0 Å². The van der Waals surface area contributed by atoms with Crippen molar-refractivity contribution in [2.75, 3.05) is 6.54 Å². The van der Waals surface area contributed by atoms with Crippen LogP contribution in [-0.4, -0.2) is 23.6 Å². The highest BCUT2D eigenvalue weighted by molar-refractivity contribution is 7.09. The Labute approximate surface area is 107 Å². The first-order valence-corrected chi connectivity index (χ1v) is 7.65. The van der Waals surface area contributed by atoms with Crippen molar-refractivity contribution in [1.82, 2.24) is 15.6 Å². The number of fused-ring (bicyclic) bond motifs is 1. The first-order chi connectivity index (χ1) is 8.42. The fourth-order valence-electron chi connectivity index (χ4n) is 3.28. The number of hydrogen-bond acceptors (Lipinski definition) is 4. The molecular formula is C13H21N3S. The molecule has 1 aromatic rings. The zero-order valence-electron chi connectivity index (χ0n) is 10.2. The lowest BCUT2D eigenvalue weighted by Gasteiger charge is -2.24. The molecule has 3 nitrogen and oxygen atoms in total. The van der Waals surface area contributed by atoms with E-state index in [1.807, 2.05) is 11.6 Å². The molecule has 0 amide bonds. The number of rotatable bonds is 4. The SMILES string of the molecule is c1csc(CNCC2CC3CCCCC3N2)n1. The highest BCUT2D eigenvalue weighted by Crippen LogP contribution is 2.32. The van der Waals surface area contributed by atoms with Gasteiger partial charge in [0.15, 0.2) is 0 Å². The molecule has 1 aliphatic carbocycles. The van der Waals surface area contributed by atoms with Crippen molar-refractivity contribution in [3.8, 4) is 0 Å². The average Bonchev–Trinajstić information content (AvgIpc) is 2.96. The van der Waals surface area contributed by atoms with Gasteiger partial charge in [0, 0.05) is 36.8 Å². The number of aromatic nitrogens is 1. The highest BCUT2D eigenvalue weighted by atomic mass is 32.1. The normalized spacial score (nSPS) is 32.6. The lowest BCUT2D eigenvalue weighted by atomic mass is 9.85. The maximum atomic E-state index is 4.29. The van der Waals surface area contributed by atoms with Gasteiger partial charge in [-0.15, -0.1) is 11.3 Å². The molecule has 3 atom stereocenters. The Morgan fingerprint density at radius 3 is 3.18 bits per heavy atom. The van der Waals surface area contributed by atoms with Gasteiger partial charge in [-0.1, -0.05) is 12.8 Å². The topological polar surface area (TPSA) is 37.0 Å². The Balaban J connectivity index is 1.41. The number of thiazole rings is 1. The summed E-state index contributed by atoms with van der Waals surface area (Å²) in [5, 5.41) is 10.6. The van der Waals surface area contributed by atoms with Gasteiger partial charge in [-0.25, -0.2) is 4.98 Å². The van der Waals surface area contributed by atoms with Crippen LogP contribution >= 0.6 is 11.3 Å². The molecule has 3 unspecified atom stereocenters. The predicted molar refractivity (Wildman–Crippen MR) is 71.1 cm³/mol. The number of nitrogens with zero attached hydrogens (tertiary/aromatic N) is 1. The summed E-state index contributed by atoms with van der Waals surface area (Å²) in [6, 6.07) is 1.50. The Hall–Kier alpha value is -0.450. The first kappa shape index (κ1) is 11.6.